The van der Waals surface area contributed by atoms with E-state index in [-0.39, 0.29) is 17.7 Å². The Bertz CT molecular complexity index is 870. The van der Waals surface area contributed by atoms with Crippen LogP contribution >= 0.6 is 0 Å². The Kier molecular flexibility index (Phi) is 4.54. The van der Waals surface area contributed by atoms with Crippen molar-refractivity contribution in [2.24, 2.45) is 0 Å². The number of benzene rings is 1. The van der Waals surface area contributed by atoms with E-state index in [0.29, 0.717) is 30.8 Å². The summed E-state index contributed by atoms with van der Waals surface area (Å²) in [5, 5.41) is 4.18. The number of sulfone groups is 1. The highest BCUT2D eigenvalue weighted by molar-refractivity contribution is 7.91. The summed E-state index contributed by atoms with van der Waals surface area (Å²) in [6, 6.07) is 9.41. The quantitative estimate of drug-likeness (QED) is 0.795. The van der Waals surface area contributed by atoms with Crippen LogP contribution in [0.4, 0.5) is 0 Å². The van der Waals surface area contributed by atoms with Crippen LogP contribution in [0.3, 0.4) is 0 Å². The van der Waals surface area contributed by atoms with Gasteiger partial charge in [0, 0.05) is 50.2 Å². The molecule has 4 rings (SSSR count). The summed E-state index contributed by atoms with van der Waals surface area (Å²) in [6.07, 6.45) is 4.29. The van der Waals surface area contributed by atoms with E-state index in [4.69, 9.17) is 0 Å². The van der Waals surface area contributed by atoms with Crippen molar-refractivity contribution in [2.75, 3.05) is 37.7 Å². The molecule has 2 aliphatic rings. The first-order valence-electron chi connectivity index (χ1n) is 8.86. The SMILES string of the molecule is O=C(c1ccc(-n2cccn2)cc1)N1CCN([C@@H]2CCS(=O)(=O)C2)CC1. The van der Waals surface area contributed by atoms with Crippen molar-refractivity contribution in [1.29, 1.82) is 0 Å². The van der Waals surface area contributed by atoms with E-state index in [1.807, 2.05) is 41.4 Å². The van der Waals surface area contributed by atoms with Gasteiger partial charge in [-0.25, -0.2) is 13.1 Å². The molecular formula is C18H22N4O3S. The Morgan fingerprint density at radius 2 is 1.81 bits per heavy atom. The van der Waals surface area contributed by atoms with E-state index >= 15 is 0 Å². The molecule has 0 bridgehead atoms. The van der Waals surface area contributed by atoms with Gasteiger partial charge < -0.3 is 4.90 Å². The van der Waals surface area contributed by atoms with E-state index in [2.05, 4.69) is 10.00 Å². The van der Waals surface area contributed by atoms with Crippen molar-refractivity contribution in [3.63, 3.8) is 0 Å². The van der Waals surface area contributed by atoms with Gasteiger partial charge in [-0.2, -0.15) is 5.10 Å². The third-order valence-corrected chi connectivity index (χ3v) is 6.96. The smallest absolute Gasteiger partial charge is 0.253 e. The number of carbonyl (C=O) groups is 1. The van der Waals surface area contributed by atoms with E-state index < -0.39 is 9.84 Å². The lowest BCUT2D eigenvalue weighted by molar-refractivity contribution is 0.0588. The third-order valence-electron chi connectivity index (χ3n) is 5.21. The Hall–Kier alpha value is -2.19. The fraction of sp³-hybridized carbons (Fsp3) is 0.444. The summed E-state index contributed by atoms with van der Waals surface area (Å²) in [5.74, 6) is 0.575. The van der Waals surface area contributed by atoms with Crippen LogP contribution in [0.5, 0.6) is 0 Å². The van der Waals surface area contributed by atoms with Crippen molar-refractivity contribution in [2.45, 2.75) is 12.5 Å². The minimum absolute atomic E-state index is 0.0238. The molecule has 8 heteroatoms. The van der Waals surface area contributed by atoms with E-state index in [0.717, 1.165) is 18.8 Å². The van der Waals surface area contributed by atoms with Gasteiger partial charge in [0.05, 0.1) is 17.2 Å². The van der Waals surface area contributed by atoms with E-state index in [1.165, 1.54) is 0 Å². The van der Waals surface area contributed by atoms with Gasteiger partial charge in [-0.05, 0) is 36.8 Å². The Morgan fingerprint density at radius 1 is 1.08 bits per heavy atom. The fourth-order valence-corrected chi connectivity index (χ4v) is 5.48. The number of piperazine rings is 1. The molecule has 1 aromatic heterocycles. The molecule has 0 radical (unpaired) electrons. The lowest BCUT2D eigenvalue weighted by atomic mass is 10.1. The third kappa shape index (κ3) is 3.52. The van der Waals surface area contributed by atoms with Gasteiger partial charge in [0.2, 0.25) is 0 Å². The first-order chi connectivity index (χ1) is 12.5. The average molecular weight is 374 g/mol. The van der Waals surface area contributed by atoms with E-state index in [1.54, 1.807) is 10.9 Å². The zero-order valence-corrected chi connectivity index (χ0v) is 15.3. The highest BCUT2D eigenvalue weighted by atomic mass is 32.2. The van der Waals surface area contributed by atoms with Gasteiger partial charge in [-0.3, -0.25) is 9.69 Å². The summed E-state index contributed by atoms with van der Waals surface area (Å²) >= 11 is 0. The molecule has 1 amide bonds. The molecule has 0 saturated carbocycles. The van der Waals surface area contributed by atoms with Gasteiger partial charge in [0.1, 0.15) is 0 Å². The minimum Gasteiger partial charge on any atom is -0.336 e. The molecule has 138 valence electrons. The maximum Gasteiger partial charge on any atom is 0.253 e. The summed E-state index contributed by atoms with van der Waals surface area (Å²) < 4.78 is 25.1. The van der Waals surface area contributed by atoms with Gasteiger partial charge >= 0.3 is 0 Å². The number of amides is 1. The van der Waals surface area contributed by atoms with Crippen LogP contribution in [-0.4, -0.2) is 77.6 Å². The number of hydrogen-bond acceptors (Lipinski definition) is 5. The van der Waals surface area contributed by atoms with Crippen LogP contribution in [0.1, 0.15) is 16.8 Å². The molecule has 7 nitrogen and oxygen atoms in total. The summed E-state index contributed by atoms with van der Waals surface area (Å²) in [7, 11) is -2.87. The normalized spacial score (nSPS) is 23.2. The second-order valence-electron chi connectivity index (χ2n) is 6.88. The fourth-order valence-electron chi connectivity index (χ4n) is 3.71. The molecule has 2 fully saturated rings. The predicted octanol–water partition coefficient (Wildman–Crippen LogP) is 0.817. The minimum atomic E-state index is -2.87. The standard InChI is InChI=1S/C18H22N4O3S/c23-18(15-2-4-16(5-3-15)22-8-1-7-19-22)21-11-9-20(10-12-21)17-6-13-26(24,25)14-17/h1-5,7-8,17H,6,9-14H2/t17-/m1/s1. The van der Waals surface area contributed by atoms with Gasteiger partial charge in [0.25, 0.3) is 5.91 Å². The second kappa shape index (κ2) is 6.85. The molecule has 2 aromatic rings. The van der Waals surface area contributed by atoms with Crippen molar-refractivity contribution < 1.29 is 13.2 Å². The number of carbonyl (C=O) groups excluding carboxylic acids is 1. The summed E-state index contributed by atoms with van der Waals surface area (Å²) in [4.78, 5) is 16.8. The van der Waals surface area contributed by atoms with Crippen LogP contribution in [0.2, 0.25) is 0 Å². The largest absolute Gasteiger partial charge is 0.336 e. The lowest BCUT2D eigenvalue weighted by Crippen LogP contribution is -2.52. The van der Waals surface area contributed by atoms with Crippen LogP contribution in [0.15, 0.2) is 42.7 Å². The average Bonchev–Trinajstić information content (AvgIpc) is 3.31. The Balaban J connectivity index is 1.36. The van der Waals surface area contributed by atoms with Gasteiger partial charge in [0.15, 0.2) is 9.84 Å². The maximum atomic E-state index is 12.7. The molecule has 1 atom stereocenters. The molecule has 2 aliphatic heterocycles. The van der Waals surface area contributed by atoms with Crippen molar-refractivity contribution in [3.8, 4) is 5.69 Å². The van der Waals surface area contributed by atoms with Crippen molar-refractivity contribution >= 4 is 15.7 Å². The second-order valence-corrected chi connectivity index (χ2v) is 9.11. The molecule has 0 N–H and O–H groups in total. The summed E-state index contributed by atoms with van der Waals surface area (Å²) in [5.41, 5.74) is 1.58. The molecule has 1 aromatic carbocycles. The van der Waals surface area contributed by atoms with Crippen LogP contribution in [0.25, 0.3) is 5.69 Å². The number of hydrogen-bond donors (Lipinski definition) is 0. The Labute approximate surface area is 153 Å². The van der Waals surface area contributed by atoms with Crippen molar-refractivity contribution in [3.05, 3.63) is 48.3 Å². The van der Waals surface area contributed by atoms with Gasteiger partial charge in [-0.1, -0.05) is 0 Å². The molecule has 26 heavy (non-hydrogen) atoms. The van der Waals surface area contributed by atoms with Gasteiger partial charge in [-0.15, -0.1) is 0 Å². The first kappa shape index (κ1) is 17.2. The predicted molar refractivity (Wildman–Crippen MR) is 98.1 cm³/mol. The highest BCUT2D eigenvalue weighted by Gasteiger charge is 2.34. The highest BCUT2D eigenvalue weighted by Crippen LogP contribution is 2.20. The number of aromatic nitrogens is 2. The maximum absolute atomic E-state index is 12.7. The molecule has 3 heterocycles. The summed E-state index contributed by atoms with van der Waals surface area (Å²) in [6.45, 7) is 2.74. The van der Waals surface area contributed by atoms with Crippen LogP contribution in [0, 0.1) is 0 Å². The van der Waals surface area contributed by atoms with Crippen LogP contribution < -0.4 is 0 Å². The topological polar surface area (TPSA) is 75.5 Å². The zero-order valence-electron chi connectivity index (χ0n) is 14.5. The molecule has 0 aliphatic carbocycles. The number of nitrogens with zero attached hydrogens (tertiary/aromatic N) is 4. The van der Waals surface area contributed by atoms with E-state index in [9.17, 15) is 13.2 Å². The molecule has 0 spiro atoms. The molecular weight excluding hydrogens is 352 g/mol. The van der Waals surface area contributed by atoms with Crippen molar-refractivity contribution in [1.82, 2.24) is 19.6 Å². The molecule has 0 unspecified atom stereocenters. The number of rotatable bonds is 3. The van der Waals surface area contributed by atoms with Crippen LogP contribution in [-0.2, 0) is 9.84 Å². The first-order valence-corrected chi connectivity index (χ1v) is 10.7. The lowest BCUT2D eigenvalue weighted by Gasteiger charge is -2.37. The zero-order chi connectivity index (χ0) is 18.1. The Morgan fingerprint density at radius 3 is 2.38 bits per heavy atom. The molecule has 2 saturated heterocycles. The monoisotopic (exact) mass is 374 g/mol.